The maximum Gasteiger partial charge on any atom is 0.324 e. The molecule has 34 heavy (non-hydrogen) atoms. The third-order valence-corrected chi connectivity index (χ3v) is 7.59. The zero-order valence-electron chi connectivity index (χ0n) is 20.5. The number of aryl methyl sites for hydroxylation is 1. The second-order valence-electron chi connectivity index (χ2n) is 9.46. The predicted molar refractivity (Wildman–Crippen MR) is 132 cm³/mol. The molecule has 0 amide bonds. The Hall–Kier alpha value is -2.97. The fraction of sp³-hybridized carbons (Fsp3) is 0.385. The van der Waals surface area contributed by atoms with Crippen molar-refractivity contribution in [2.24, 2.45) is 5.92 Å². The summed E-state index contributed by atoms with van der Waals surface area (Å²) in [6.07, 6.45) is 1.49. The number of nitrogens with zero attached hydrogens (tertiary/aromatic N) is 1. The lowest BCUT2D eigenvalue weighted by Gasteiger charge is -2.24. The first-order valence-corrected chi connectivity index (χ1v) is 12.7. The van der Waals surface area contributed by atoms with E-state index in [-0.39, 0.29) is 22.0 Å². The number of para-hydroxylation sites is 1. The molecule has 0 bridgehead atoms. The van der Waals surface area contributed by atoms with Gasteiger partial charge < -0.3 is 9.64 Å². The minimum Gasteiger partial charge on any atom is -0.456 e. The molecule has 0 saturated carbocycles. The van der Waals surface area contributed by atoms with E-state index in [1.165, 1.54) is 18.2 Å². The van der Waals surface area contributed by atoms with E-state index in [9.17, 15) is 18.0 Å². The standard InChI is InChI=1S/C26H32N2O5S/c1-17(2)24(27-34(31,32)20-13-11-18(3)12-14-20)25(30)33-16-19(29)15-23-26(4,5)21-9-7-8-10-22(21)28(23)6/h7-15,17,24,27H,16H2,1-6H3/b23-15+/t24-/m0/s1. The van der Waals surface area contributed by atoms with Crippen molar-refractivity contribution in [1.82, 2.24) is 4.72 Å². The van der Waals surface area contributed by atoms with Crippen molar-refractivity contribution in [3.63, 3.8) is 0 Å². The molecule has 3 rings (SSSR count). The van der Waals surface area contributed by atoms with E-state index < -0.39 is 28.6 Å². The first-order valence-electron chi connectivity index (χ1n) is 11.2. The number of hydrogen-bond acceptors (Lipinski definition) is 6. The molecule has 2 aromatic carbocycles. The average molecular weight is 485 g/mol. The van der Waals surface area contributed by atoms with Gasteiger partial charge in [-0.3, -0.25) is 9.59 Å². The van der Waals surface area contributed by atoms with E-state index in [1.807, 2.05) is 57.0 Å². The SMILES string of the molecule is Cc1ccc(S(=O)(=O)N[C@H](C(=O)OCC(=O)/C=C2/N(C)c3ccccc3C2(C)C)C(C)C)cc1. The highest BCUT2D eigenvalue weighted by Gasteiger charge is 2.38. The number of nitrogens with one attached hydrogen (secondary N) is 1. The maximum absolute atomic E-state index is 12.7. The Kier molecular flexibility index (Phi) is 7.33. The Balaban J connectivity index is 1.70. The van der Waals surface area contributed by atoms with Crippen molar-refractivity contribution in [2.45, 2.75) is 51.0 Å². The summed E-state index contributed by atoms with van der Waals surface area (Å²) in [5, 5.41) is 0. The Bertz CT molecular complexity index is 1210. The Morgan fingerprint density at radius 1 is 1.09 bits per heavy atom. The van der Waals surface area contributed by atoms with Crippen LogP contribution < -0.4 is 9.62 Å². The lowest BCUT2D eigenvalue weighted by atomic mass is 9.83. The summed E-state index contributed by atoms with van der Waals surface area (Å²) in [4.78, 5) is 27.4. The number of sulfonamides is 1. The molecule has 1 N–H and O–H groups in total. The maximum atomic E-state index is 12.7. The summed E-state index contributed by atoms with van der Waals surface area (Å²) in [6, 6.07) is 13.1. The number of rotatable bonds is 8. The minimum absolute atomic E-state index is 0.0587. The number of fused-ring (bicyclic) bond motifs is 1. The molecule has 1 heterocycles. The molecule has 2 aromatic rings. The second kappa shape index (κ2) is 9.72. The number of anilines is 1. The van der Waals surface area contributed by atoms with E-state index in [4.69, 9.17) is 4.74 Å². The molecule has 0 radical (unpaired) electrons. The monoisotopic (exact) mass is 484 g/mol. The number of esters is 1. The van der Waals surface area contributed by atoms with Gasteiger partial charge in [0, 0.05) is 29.9 Å². The third kappa shape index (κ3) is 5.23. The molecule has 1 aliphatic rings. The van der Waals surface area contributed by atoms with Crippen LogP contribution in [-0.4, -0.2) is 39.9 Å². The van der Waals surface area contributed by atoms with E-state index in [1.54, 1.807) is 26.0 Å². The van der Waals surface area contributed by atoms with Gasteiger partial charge in [0.15, 0.2) is 12.4 Å². The number of carbonyl (C=O) groups excluding carboxylic acids is 2. The lowest BCUT2D eigenvalue weighted by Crippen LogP contribution is -2.45. The van der Waals surface area contributed by atoms with Gasteiger partial charge in [-0.15, -0.1) is 0 Å². The Labute approximate surface area is 201 Å². The van der Waals surface area contributed by atoms with Crippen molar-refractivity contribution in [1.29, 1.82) is 0 Å². The Morgan fingerprint density at radius 2 is 1.71 bits per heavy atom. The first-order chi connectivity index (χ1) is 15.8. The van der Waals surface area contributed by atoms with Crippen LogP contribution in [0.4, 0.5) is 5.69 Å². The minimum atomic E-state index is -3.93. The number of ketones is 1. The van der Waals surface area contributed by atoms with Gasteiger partial charge in [-0.2, -0.15) is 4.72 Å². The molecule has 182 valence electrons. The average Bonchev–Trinajstić information content (AvgIpc) is 2.97. The summed E-state index contributed by atoms with van der Waals surface area (Å²) >= 11 is 0. The third-order valence-electron chi connectivity index (χ3n) is 6.13. The summed E-state index contributed by atoms with van der Waals surface area (Å²) < 4.78 is 33.2. The normalized spacial score (nSPS) is 17.0. The highest BCUT2D eigenvalue weighted by molar-refractivity contribution is 7.89. The number of allylic oxidation sites excluding steroid dienone is 1. The van der Waals surface area contributed by atoms with E-state index >= 15 is 0 Å². The van der Waals surface area contributed by atoms with Crippen LogP contribution in [0.25, 0.3) is 0 Å². The summed E-state index contributed by atoms with van der Waals surface area (Å²) in [5.41, 5.74) is 3.48. The molecular weight excluding hydrogens is 452 g/mol. The smallest absolute Gasteiger partial charge is 0.324 e. The van der Waals surface area contributed by atoms with Crippen LogP contribution in [0.1, 0.15) is 38.8 Å². The molecule has 1 aliphatic heterocycles. The van der Waals surface area contributed by atoms with Gasteiger partial charge in [-0.25, -0.2) is 8.42 Å². The van der Waals surface area contributed by atoms with Crippen LogP contribution in [0.5, 0.6) is 0 Å². The molecule has 0 aromatic heterocycles. The van der Waals surface area contributed by atoms with Crippen LogP contribution in [0.15, 0.2) is 65.2 Å². The van der Waals surface area contributed by atoms with E-state index in [2.05, 4.69) is 4.72 Å². The molecule has 0 fully saturated rings. The highest BCUT2D eigenvalue weighted by atomic mass is 32.2. The molecule has 0 spiro atoms. The number of hydrogen-bond donors (Lipinski definition) is 1. The van der Waals surface area contributed by atoms with Crippen molar-refractivity contribution in [3.8, 4) is 0 Å². The van der Waals surface area contributed by atoms with Crippen LogP contribution >= 0.6 is 0 Å². The highest BCUT2D eigenvalue weighted by Crippen LogP contribution is 2.46. The number of likely N-dealkylation sites (N-methyl/N-ethyl adjacent to an activating group) is 1. The van der Waals surface area contributed by atoms with Crippen molar-refractivity contribution >= 4 is 27.5 Å². The van der Waals surface area contributed by atoms with E-state index in [0.717, 1.165) is 22.5 Å². The lowest BCUT2D eigenvalue weighted by molar-refractivity contribution is -0.149. The Morgan fingerprint density at radius 3 is 2.29 bits per heavy atom. The van der Waals surface area contributed by atoms with Gasteiger partial charge in [-0.05, 0) is 36.6 Å². The quantitative estimate of drug-likeness (QED) is 0.453. The van der Waals surface area contributed by atoms with Crippen LogP contribution in [0.2, 0.25) is 0 Å². The molecule has 0 unspecified atom stereocenters. The zero-order chi connectivity index (χ0) is 25.3. The van der Waals surface area contributed by atoms with Crippen LogP contribution in [-0.2, 0) is 29.8 Å². The van der Waals surface area contributed by atoms with Crippen molar-refractivity contribution < 1.29 is 22.7 Å². The summed E-state index contributed by atoms with van der Waals surface area (Å²) in [6.45, 7) is 8.87. The van der Waals surface area contributed by atoms with Gasteiger partial charge in [0.25, 0.3) is 0 Å². The largest absolute Gasteiger partial charge is 0.456 e. The van der Waals surface area contributed by atoms with Crippen molar-refractivity contribution in [3.05, 3.63) is 71.4 Å². The second-order valence-corrected chi connectivity index (χ2v) is 11.2. The van der Waals surface area contributed by atoms with Gasteiger partial charge in [0.1, 0.15) is 6.04 Å². The van der Waals surface area contributed by atoms with E-state index in [0.29, 0.717) is 0 Å². The molecular formula is C26H32N2O5S. The topological polar surface area (TPSA) is 92.8 Å². The van der Waals surface area contributed by atoms with Crippen molar-refractivity contribution in [2.75, 3.05) is 18.6 Å². The van der Waals surface area contributed by atoms with Gasteiger partial charge in [-0.1, -0.05) is 63.6 Å². The summed E-state index contributed by atoms with van der Waals surface area (Å²) in [5.74, 6) is -1.55. The molecule has 0 saturated heterocycles. The molecule has 7 nitrogen and oxygen atoms in total. The first kappa shape index (κ1) is 25.6. The number of benzene rings is 2. The zero-order valence-corrected chi connectivity index (χ0v) is 21.3. The number of ether oxygens (including phenoxy) is 1. The van der Waals surface area contributed by atoms with Crippen LogP contribution in [0, 0.1) is 12.8 Å². The fourth-order valence-electron chi connectivity index (χ4n) is 4.09. The molecule has 8 heteroatoms. The van der Waals surface area contributed by atoms with Gasteiger partial charge in [0.05, 0.1) is 4.90 Å². The molecule has 1 atom stereocenters. The molecule has 0 aliphatic carbocycles. The van der Waals surface area contributed by atoms with Gasteiger partial charge in [0.2, 0.25) is 10.0 Å². The van der Waals surface area contributed by atoms with Crippen LogP contribution in [0.3, 0.4) is 0 Å². The predicted octanol–water partition coefficient (Wildman–Crippen LogP) is 3.72. The summed E-state index contributed by atoms with van der Waals surface area (Å²) in [7, 11) is -2.03. The van der Waals surface area contributed by atoms with Gasteiger partial charge >= 0.3 is 5.97 Å². The fourth-order valence-corrected chi connectivity index (χ4v) is 5.43. The number of carbonyl (C=O) groups is 2.